The van der Waals surface area contributed by atoms with Crippen LogP contribution in [0.5, 0.6) is 17.2 Å². The number of methoxy groups -OCH3 is 3. The van der Waals surface area contributed by atoms with Crippen molar-refractivity contribution in [2.24, 2.45) is 0 Å². The molecule has 1 aliphatic heterocycles. The molecule has 0 bridgehead atoms. The lowest BCUT2D eigenvalue weighted by Gasteiger charge is -2.35. The Kier molecular flexibility index (Phi) is 6.86. The number of amides is 1. The molecule has 0 aliphatic carbocycles. The van der Waals surface area contributed by atoms with E-state index in [-0.39, 0.29) is 23.9 Å². The molecule has 0 saturated carbocycles. The highest BCUT2D eigenvalue weighted by molar-refractivity contribution is 7.99. The van der Waals surface area contributed by atoms with Crippen LogP contribution in [0.2, 0.25) is 0 Å². The lowest BCUT2D eigenvalue weighted by molar-refractivity contribution is -0.140. The van der Waals surface area contributed by atoms with Gasteiger partial charge in [0, 0.05) is 18.7 Å². The van der Waals surface area contributed by atoms with Crippen molar-refractivity contribution in [2.45, 2.75) is 31.3 Å². The third kappa shape index (κ3) is 4.94. The highest BCUT2D eigenvalue weighted by Crippen LogP contribution is 2.41. The van der Waals surface area contributed by atoms with Crippen LogP contribution in [-0.4, -0.2) is 73.4 Å². The topological polar surface area (TPSA) is 96.2 Å². The van der Waals surface area contributed by atoms with Crippen LogP contribution < -0.4 is 14.2 Å². The van der Waals surface area contributed by atoms with Gasteiger partial charge >= 0.3 is 0 Å². The number of carbonyl (C=O) groups excluding carboxylic acids is 1. The van der Waals surface area contributed by atoms with E-state index < -0.39 is 0 Å². The summed E-state index contributed by atoms with van der Waals surface area (Å²) >= 11 is 1.21. The number of thioether (sulfide) groups is 1. The van der Waals surface area contributed by atoms with Crippen molar-refractivity contribution in [3.05, 3.63) is 12.1 Å². The highest BCUT2D eigenvalue weighted by Gasteiger charge is 2.26. The number of ether oxygens (including phenoxy) is 4. The van der Waals surface area contributed by atoms with Crippen molar-refractivity contribution in [1.29, 1.82) is 0 Å². The number of nitrogens with zero attached hydrogens (tertiary/aromatic N) is 3. The van der Waals surface area contributed by atoms with Crippen LogP contribution in [0, 0.1) is 0 Å². The van der Waals surface area contributed by atoms with Gasteiger partial charge in [0.25, 0.3) is 5.22 Å². The lowest BCUT2D eigenvalue weighted by Crippen LogP contribution is -2.48. The number of carbonyl (C=O) groups is 1. The van der Waals surface area contributed by atoms with Gasteiger partial charge < -0.3 is 28.3 Å². The third-order valence-electron chi connectivity index (χ3n) is 4.41. The molecule has 0 N–H and O–H groups in total. The van der Waals surface area contributed by atoms with Crippen molar-refractivity contribution in [2.75, 3.05) is 40.2 Å². The maximum absolute atomic E-state index is 12.5. The van der Waals surface area contributed by atoms with Gasteiger partial charge in [0.1, 0.15) is 0 Å². The standard InChI is InChI=1S/C19H25N3O6S/c1-11-8-22(9-12(2)27-11)16(23)10-29-19-21-20-18(28-19)13-6-14(24-3)17(26-5)15(7-13)25-4/h6-7,11-12H,8-10H2,1-5H3. The van der Waals surface area contributed by atoms with Crippen LogP contribution in [0.3, 0.4) is 0 Å². The third-order valence-corrected chi connectivity index (χ3v) is 5.21. The Hall–Kier alpha value is -2.46. The van der Waals surface area contributed by atoms with E-state index in [0.717, 1.165) is 0 Å². The number of hydrogen-bond acceptors (Lipinski definition) is 9. The number of aromatic nitrogens is 2. The van der Waals surface area contributed by atoms with Gasteiger partial charge in [-0.3, -0.25) is 4.79 Å². The molecule has 1 fully saturated rings. The van der Waals surface area contributed by atoms with E-state index in [9.17, 15) is 4.79 Å². The molecule has 1 aliphatic rings. The summed E-state index contributed by atoms with van der Waals surface area (Å²) in [4.78, 5) is 14.3. The lowest BCUT2D eigenvalue weighted by atomic mass is 10.2. The SMILES string of the molecule is COc1cc(-c2nnc(SCC(=O)N3CC(C)OC(C)C3)o2)cc(OC)c1OC. The van der Waals surface area contributed by atoms with E-state index in [4.69, 9.17) is 23.4 Å². The van der Waals surface area contributed by atoms with Gasteiger partial charge in [-0.05, 0) is 26.0 Å². The fourth-order valence-electron chi connectivity index (χ4n) is 3.19. The summed E-state index contributed by atoms with van der Waals surface area (Å²) < 4.78 is 27.4. The molecular weight excluding hydrogens is 398 g/mol. The monoisotopic (exact) mass is 423 g/mol. The van der Waals surface area contributed by atoms with Crippen LogP contribution in [0.15, 0.2) is 21.8 Å². The molecule has 2 atom stereocenters. The predicted molar refractivity (Wildman–Crippen MR) is 107 cm³/mol. The number of hydrogen-bond donors (Lipinski definition) is 0. The van der Waals surface area contributed by atoms with Gasteiger partial charge in [-0.2, -0.15) is 0 Å². The first kappa shape index (κ1) is 21.3. The molecule has 1 aromatic heterocycles. The van der Waals surface area contributed by atoms with Gasteiger partial charge in [-0.25, -0.2) is 0 Å². The molecule has 2 heterocycles. The molecule has 0 radical (unpaired) electrons. The molecular formula is C19H25N3O6S. The Morgan fingerprint density at radius 1 is 1.10 bits per heavy atom. The Balaban J connectivity index is 1.69. The van der Waals surface area contributed by atoms with Crippen LogP contribution in [-0.2, 0) is 9.53 Å². The Morgan fingerprint density at radius 3 is 2.28 bits per heavy atom. The van der Waals surface area contributed by atoms with Gasteiger partial charge in [0.15, 0.2) is 11.5 Å². The molecule has 0 spiro atoms. The molecule has 9 nitrogen and oxygen atoms in total. The molecule has 10 heteroatoms. The zero-order chi connectivity index (χ0) is 21.0. The minimum Gasteiger partial charge on any atom is -0.493 e. The summed E-state index contributed by atoms with van der Waals surface area (Å²) in [6.45, 7) is 5.10. The maximum Gasteiger partial charge on any atom is 0.277 e. The van der Waals surface area contributed by atoms with Crippen LogP contribution in [0.4, 0.5) is 0 Å². The molecule has 2 unspecified atom stereocenters. The molecule has 158 valence electrons. The van der Waals surface area contributed by atoms with E-state index >= 15 is 0 Å². The Morgan fingerprint density at radius 2 is 1.72 bits per heavy atom. The number of rotatable bonds is 7. The fraction of sp³-hybridized carbons (Fsp3) is 0.526. The van der Waals surface area contributed by atoms with Crippen LogP contribution in [0.25, 0.3) is 11.5 Å². The van der Waals surface area contributed by atoms with Gasteiger partial charge in [0.05, 0.1) is 39.3 Å². The molecule has 1 saturated heterocycles. The quantitative estimate of drug-likeness (QED) is 0.622. The largest absolute Gasteiger partial charge is 0.493 e. The zero-order valence-electron chi connectivity index (χ0n) is 17.1. The van der Waals surface area contributed by atoms with Crippen molar-refractivity contribution >= 4 is 17.7 Å². The number of morpholine rings is 1. The van der Waals surface area contributed by atoms with Gasteiger partial charge in [0.2, 0.25) is 17.5 Å². The average molecular weight is 423 g/mol. The minimum absolute atomic E-state index is 0.0181. The summed E-state index contributed by atoms with van der Waals surface area (Å²) in [7, 11) is 4.61. The van der Waals surface area contributed by atoms with E-state index in [1.807, 2.05) is 18.7 Å². The van der Waals surface area contributed by atoms with Crippen LogP contribution >= 0.6 is 11.8 Å². The second kappa shape index (κ2) is 9.36. The summed E-state index contributed by atoms with van der Waals surface area (Å²) in [5.41, 5.74) is 0.626. The maximum atomic E-state index is 12.5. The number of benzene rings is 1. The fourth-order valence-corrected chi connectivity index (χ4v) is 3.85. The molecule has 3 rings (SSSR count). The van der Waals surface area contributed by atoms with Crippen LogP contribution in [0.1, 0.15) is 13.8 Å². The summed E-state index contributed by atoms with van der Waals surface area (Å²) in [5, 5.41) is 8.42. The first-order chi connectivity index (χ1) is 13.9. The molecule has 1 aromatic carbocycles. The van der Waals surface area contributed by atoms with Crippen molar-refractivity contribution < 1.29 is 28.2 Å². The predicted octanol–water partition coefficient (Wildman–Crippen LogP) is 2.49. The molecule has 2 aromatic rings. The molecule has 29 heavy (non-hydrogen) atoms. The second-order valence-corrected chi connectivity index (χ2v) is 7.56. The minimum atomic E-state index is 0.0181. The summed E-state index contributed by atoms with van der Waals surface area (Å²) in [6, 6.07) is 3.45. The summed E-state index contributed by atoms with van der Waals surface area (Å²) in [6.07, 6.45) is 0.0606. The van der Waals surface area contributed by atoms with E-state index in [2.05, 4.69) is 10.2 Å². The van der Waals surface area contributed by atoms with E-state index in [1.54, 1.807) is 12.1 Å². The molecule has 1 amide bonds. The van der Waals surface area contributed by atoms with Gasteiger partial charge in [-0.1, -0.05) is 11.8 Å². The Labute approximate surface area is 173 Å². The first-order valence-corrected chi connectivity index (χ1v) is 10.1. The van der Waals surface area contributed by atoms with E-state index in [0.29, 0.717) is 47.0 Å². The average Bonchev–Trinajstić information content (AvgIpc) is 3.19. The normalized spacial score (nSPS) is 19.1. The van der Waals surface area contributed by atoms with Crippen molar-refractivity contribution in [3.8, 4) is 28.7 Å². The Bertz CT molecular complexity index is 823. The summed E-state index contributed by atoms with van der Waals surface area (Å²) in [5.74, 6) is 1.99. The zero-order valence-corrected chi connectivity index (χ0v) is 17.9. The smallest absolute Gasteiger partial charge is 0.277 e. The van der Waals surface area contributed by atoms with E-state index in [1.165, 1.54) is 33.1 Å². The first-order valence-electron chi connectivity index (χ1n) is 9.15. The second-order valence-electron chi connectivity index (χ2n) is 6.63. The van der Waals surface area contributed by atoms with Crippen molar-refractivity contribution in [3.63, 3.8) is 0 Å². The van der Waals surface area contributed by atoms with Crippen molar-refractivity contribution in [1.82, 2.24) is 15.1 Å². The van der Waals surface area contributed by atoms with Gasteiger partial charge in [-0.15, -0.1) is 10.2 Å². The highest BCUT2D eigenvalue weighted by atomic mass is 32.2.